The van der Waals surface area contributed by atoms with Gasteiger partial charge >= 0.3 is 6.09 Å². The first-order valence-corrected chi connectivity index (χ1v) is 6.28. The minimum absolute atomic E-state index is 0.107. The molecular weight excluding hydrogens is 244 g/mol. The van der Waals surface area contributed by atoms with Crippen molar-refractivity contribution in [1.29, 1.82) is 0 Å². The van der Waals surface area contributed by atoms with Crippen molar-refractivity contribution >= 4 is 6.09 Å². The van der Waals surface area contributed by atoms with Crippen LogP contribution in [0.3, 0.4) is 0 Å². The number of nitrogens with one attached hydrogen (secondary N) is 1. The normalized spacial score (nSPS) is 12.9. The number of hydrogen-bond donors (Lipinski definition) is 2. The molecule has 1 atom stereocenters. The van der Waals surface area contributed by atoms with Gasteiger partial charge in [-0.1, -0.05) is 6.07 Å². The number of aromatic nitrogens is 1. The smallest absolute Gasteiger partial charge is 0.408 e. The summed E-state index contributed by atoms with van der Waals surface area (Å²) in [4.78, 5) is 16.0. The molecular formula is C14H22N2O3. The standard InChI is InChI=1S/C14H22N2O3/c1-9-6-11(8-17)12(15-7-9)10(2)16-13(18)19-14(3,4)5/h6-7,10,17H,8H2,1-5H3,(H,16,18). The highest BCUT2D eigenvalue weighted by atomic mass is 16.6. The highest BCUT2D eigenvalue weighted by molar-refractivity contribution is 5.68. The Kier molecular flexibility index (Phi) is 4.89. The maximum absolute atomic E-state index is 11.7. The SMILES string of the molecule is Cc1cnc(C(C)NC(=O)OC(C)(C)C)c(CO)c1. The molecule has 106 valence electrons. The molecule has 2 N–H and O–H groups in total. The van der Waals surface area contributed by atoms with Crippen LogP contribution in [0.1, 0.15) is 50.6 Å². The second-order valence-electron chi connectivity index (χ2n) is 5.58. The Morgan fingerprint density at radius 1 is 1.53 bits per heavy atom. The van der Waals surface area contributed by atoms with Gasteiger partial charge < -0.3 is 15.2 Å². The third kappa shape index (κ3) is 4.87. The molecule has 5 heteroatoms. The van der Waals surface area contributed by atoms with Crippen LogP contribution in [0.5, 0.6) is 0 Å². The molecule has 1 aromatic heterocycles. The second-order valence-corrected chi connectivity index (χ2v) is 5.58. The quantitative estimate of drug-likeness (QED) is 0.881. The number of aliphatic hydroxyl groups excluding tert-OH is 1. The van der Waals surface area contributed by atoms with Gasteiger partial charge in [0.1, 0.15) is 5.60 Å². The monoisotopic (exact) mass is 266 g/mol. The molecule has 0 aromatic carbocycles. The predicted molar refractivity (Wildman–Crippen MR) is 72.7 cm³/mol. The van der Waals surface area contributed by atoms with Gasteiger partial charge in [-0.2, -0.15) is 0 Å². The van der Waals surface area contributed by atoms with Gasteiger partial charge in [-0.05, 0) is 40.2 Å². The Balaban J connectivity index is 2.78. The van der Waals surface area contributed by atoms with Crippen LogP contribution < -0.4 is 5.32 Å². The molecule has 1 aromatic rings. The second kappa shape index (κ2) is 6.02. The number of hydrogen-bond acceptors (Lipinski definition) is 4. The van der Waals surface area contributed by atoms with Gasteiger partial charge in [0.15, 0.2) is 0 Å². The molecule has 0 fully saturated rings. The van der Waals surface area contributed by atoms with Crippen LogP contribution in [0.25, 0.3) is 0 Å². The van der Waals surface area contributed by atoms with E-state index < -0.39 is 11.7 Å². The number of aliphatic hydroxyl groups is 1. The Hall–Kier alpha value is -1.62. The predicted octanol–water partition coefficient (Wildman–Crippen LogP) is 2.47. The van der Waals surface area contributed by atoms with Crippen LogP contribution in [-0.2, 0) is 11.3 Å². The molecule has 0 saturated heterocycles. The maximum atomic E-state index is 11.7. The molecule has 0 radical (unpaired) electrons. The highest BCUT2D eigenvalue weighted by Crippen LogP contribution is 2.17. The van der Waals surface area contributed by atoms with E-state index in [0.717, 1.165) is 5.56 Å². The summed E-state index contributed by atoms with van der Waals surface area (Å²) in [6.07, 6.45) is 1.22. The largest absolute Gasteiger partial charge is 0.444 e. The van der Waals surface area contributed by atoms with Crippen LogP contribution in [0.4, 0.5) is 4.79 Å². The van der Waals surface area contributed by atoms with E-state index in [1.165, 1.54) is 0 Å². The number of pyridine rings is 1. The number of amides is 1. The molecule has 0 aliphatic rings. The van der Waals surface area contributed by atoms with Gasteiger partial charge in [-0.25, -0.2) is 4.79 Å². The first kappa shape index (κ1) is 15.4. The van der Waals surface area contributed by atoms with Crippen molar-refractivity contribution in [3.05, 3.63) is 29.1 Å². The average molecular weight is 266 g/mol. The summed E-state index contributed by atoms with van der Waals surface area (Å²) in [5.41, 5.74) is 1.80. The van der Waals surface area contributed by atoms with Crippen molar-refractivity contribution < 1.29 is 14.6 Å². The Morgan fingerprint density at radius 2 is 2.16 bits per heavy atom. The van der Waals surface area contributed by atoms with Crippen molar-refractivity contribution in [2.45, 2.75) is 52.9 Å². The lowest BCUT2D eigenvalue weighted by molar-refractivity contribution is 0.0506. The lowest BCUT2D eigenvalue weighted by Gasteiger charge is -2.22. The number of aryl methyl sites for hydroxylation is 1. The van der Waals surface area contributed by atoms with Gasteiger partial charge in [0.05, 0.1) is 18.3 Å². The minimum Gasteiger partial charge on any atom is -0.444 e. The van der Waals surface area contributed by atoms with Crippen LogP contribution in [0, 0.1) is 6.92 Å². The average Bonchev–Trinajstić information content (AvgIpc) is 2.25. The van der Waals surface area contributed by atoms with Crippen molar-refractivity contribution in [3.63, 3.8) is 0 Å². The third-order valence-electron chi connectivity index (χ3n) is 2.45. The number of carbonyl (C=O) groups is 1. The number of nitrogens with zero attached hydrogens (tertiary/aromatic N) is 1. The maximum Gasteiger partial charge on any atom is 0.408 e. The van der Waals surface area contributed by atoms with Crippen molar-refractivity contribution in [3.8, 4) is 0 Å². The third-order valence-corrected chi connectivity index (χ3v) is 2.45. The highest BCUT2D eigenvalue weighted by Gasteiger charge is 2.20. The molecule has 1 rings (SSSR count). The molecule has 0 bridgehead atoms. The fourth-order valence-electron chi connectivity index (χ4n) is 1.71. The van der Waals surface area contributed by atoms with Crippen LogP contribution in [0.2, 0.25) is 0 Å². The van der Waals surface area contributed by atoms with E-state index in [-0.39, 0.29) is 12.6 Å². The van der Waals surface area contributed by atoms with Gasteiger partial charge in [0.25, 0.3) is 0 Å². The Labute approximate surface area is 114 Å². The molecule has 1 amide bonds. The minimum atomic E-state index is -0.537. The van der Waals surface area contributed by atoms with E-state index in [1.807, 2.05) is 13.0 Å². The zero-order chi connectivity index (χ0) is 14.6. The first-order valence-electron chi connectivity index (χ1n) is 6.28. The summed E-state index contributed by atoms with van der Waals surface area (Å²) in [6.45, 7) is 9.02. The number of carbonyl (C=O) groups excluding carboxylic acids is 1. The van der Waals surface area contributed by atoms with E-state index in [0.29, 0.717) is 11.3 Å². The van der Waals surface area contributed by atoms with Gasteiger partial charge in [0, 0.05) is 11.8 Å². The van der Waals surface area contributed by atoms with Gasteiger partial charge in [-0.15, -0.1) is 0 Å². The van der Waals surface area contributed by atoms with Crippen molar-refractivity contribution in [1.82, 2.24) is 10.3 Å². The Bertz CT molecular complexity index is 452. The van der Waals surface area contributed by atoms with E-state index >= 15 is 0 Å². The van der Waals surface area contributed by atoms with E-state index in [4.69, 9.17) is 4.74 Å². The summed E-state index contributed by atoms with van der Waals surface area (Å²) in [6, 6.07) is 1.54. The number of rotatable bonds is 3. The summed E-state index contributed by atoms with van der Waals surface area (Å²) in [5.74, 6) is 0. The lowest BCUT2D eigenvalue weighted by Crippen LogP contribution is -2.34. The van der Waals surface area contributed by atoms with E-state index in [1.54, 1.807) is 33.9 Å². The molecule has 1 unspecified atom stereocenters. The van der Waals surface area contributed by atoms with Crippen LogP contribution in [-0.4, -0.2) is 21.8 Å². The molecule has 0 saturated carbocycles. The van der Waals surface area contributed by atoms with Crippen LogP contribution >= 0.6 is 0 Å². The van der Waals surface area contributed by atoms with Crippen molar-refractivity contribution in [2.75, 3.05) is 0 Å². The lowest BCUT2D eigenvalue weighted by atomic mass is 10.1. The van der Waals surface area contributed by atoms with Crippen molar-refractivity contribution in [2.24, 2.45) is 0 Å². The van der Waals surface area contributed by atoms with Gasteiger partial charge in [0.2, 0.25) is 0 Å². The fourth-order valence-corrected chi connectivity index (χ4v) is 1.71. The number of ether oxygens (including phenoxy) is 1. The molecule has 0 aliphatic carbocycles. The first-order chi connectivity index (χ1) is 8.73. The number of alkyl carbamates (subject to hydrolysis) is 1. The Morgan fingerprint density at radius 3 is 2.68 bits per heavy atom. The zero-order valence-corrected chi connectivity index (χ0v) is 12.2. The topological polar surface area (TPSA) is 71.5 Å². The summed E-state index contributed by atoms with van der Waals surface area (Å²) in [7, 11) is 0. The molecule has 0 aliphatic heterocycles. The zero-order valence-electron chi connectivity index (χ0n) is 12.2. The summed E-state index contributed by atoms with van der Waals surface area (Å²) >= 11 is 0. The molecule has 5 nitrogen and oxygen atoms in total. The van der Waals surface area contributed by atoms with Gasteiger partial charge in [-0.3, -0.25) is 4.98 Å². The molecule has 0 spiro atoms. The van der Waals surface area contributed by atoms with E-state index in [9.17, 15) is 9.90 Å². The summed E-state index contributed by atoms with van der Waals surface area (Å²) in [5, 5.41) is 12.0. The fraction of sp³-hybridized carbons (Fsp3) is 0.571. The summed E-state index contributed by atoms with van der Waals surface area (Å²) < 4.78 is 5.19. The van der Waals surface area contributed by atoms with Crippen LogP contribution in [0.15, 0.2) is 12.3 Å². The molecule has 1 heterocycles. The van der Waals surface area contributed by atoms with E-state index in [2.05, 4.69) is 10.3 Å². The molecule has 19 heavy (non-hydrogen) atoms.